The number of carbonyl (C=O) groups excluding carboxylic acids is 2. The molecule has 2 heterocycles. The molecule has 2 N–H and O–H groups in total. The number of esters is 1. The molecule has 36 heavy (non-hydrogen) atoms. The van der Waals surface area contributed by atoms with E-state index in [9.17, 15) is 9.59 Å². The first-order valence-corrected chi connectivity index (χ1v) is 12.8. The fourth-order valence-corrected chi connectivity index (χ4v) is 4.52. The summed E-state index contributed by atoms with van der Waals surface area (Å²) in [4.78, 5) is 29.5. The van der Waals surface area contributed by atoms with Crippen LogP contribution in [0.15, 0.2) is 47.6 Å². The Bertz CT molecular complexity index is 1080. The van der Waals surface area contributed by atoms with Gasteiger partial charge in [0.05, 0.1) is 25.5 Å². The molecular formula is C28H37N5O3. The van der Waals surface area contributed by atoms with Crippen molar-refractivity contribution < 1.29 is 14.3 Å². The Kier molecular flexibility index (Phi) is 8.85. The summed E-state index contributed by atoms with van der Waals surface area (Å²) in [5.41, 5.74) is 10.7. The number of piperazine rings is 1. The summed E-state index contributed by atoms with van der Waals surface area (Å²) in [5, 5.41) is 6.65. The second-order valence-electron chi connectivity index (χ2n) is 9.61. The van der Waals surface area contributed by atoms with Gasteiger partial charge in [0, 0.05) is 43.9 Å². The molecule has 1 atom stereocenters. The van der Waals surface area contributed by atoms with Gasteiger partial charge in [-0.05, 0) is 42.6 Å². The summed E-state index contributed by atoms with van der Waals surface area (Å²) >= 11 is 0. The number of rotatable bonds is 9. The molecule has 2 aromatic carbocycles. The van der Waals surface area contributed by atoms with Gasteiger partial charge in [-0.25, -0.2) is 0 Å². The third kappa shape index (κ3) is 6.57. The lowest BCUT2D eigenvalue weighted by Gasteiger charge is -2.34. The summed E-state index contributed by atoms with van der Waals surface area (Å²) in [7, 11) is 2.12. The van der Waals surface area contributed by atoms with E-state index in [1.165, 1.54) is 0 Å². The summed E-state index contributed by atoms with van der Waals surface area (Å²) in [6.45, 7) is 7.21. The van der Waals surface area contributed by atoms with E-state index in [1.54, 1.807) is 0 Å². The number of unbranched alkanes of at least 4 members (excludes halogenated alkanes) is 1. The summed E-state index contributed by atoms with van der Waals surface area (Å²) in [5.74, 6) is -0.262. The van der Waals surface area contributed by atoms with E-state index >= 15 is 0 Å². The minimum atomic E-state index is -0.393. The number of nitrogens with zero attached hydrogens (tertiary/aromatic N) is 4. The van der Waals surface area contributed by atoms with Crippen molar-refractivity contribution in [1.82, 2.24) is 14.8 Å². The quantitative estimate of drug-likeness (QED) is 0.250. The van der Waals surface area contributed by atoms with Crippen LogP contribution in [0.3, 0.4) is 0 Å². The third-order valence-electron chi connectivity index (χ3n) is 6.90. The van der Waals surface area contributed by atoms with Crippen LogP contribution in [0.1, 0.15) is 58.5 Å². The first kappa shape index (κ1) is 26.0. The summed E-state index contributed by atoms with van der Waals surface area (Å²) in [6.07, 6.45) is 4.04. The molecule has 8 heteroatoms. The van der Waals surface area contributed by atoms with E-state index in [1.807, 2.05) is 53.6 Å². The molecule has 2 aliphatic rings. The number of fused-ring (bicyclic) bond motifs is 1. The fraction of sp³-hybridized carbons (Fsp3) is 0.464. The molecule has 0 bridgehead atoms. The Hall–Kier alpha value is -3.07. The van der Waals surface area contributed by atoms with E-state index in [0.717, 1.165) is 62.1 Å². The zero-order valence-electron chi connectivity index (χ0n) is 21.4. The number of ketones is 1. The fourth-order valence-electron chi connectivity index (χ4n) is 4.52. The number of likely N-dealkylation sites (N-methyl/N-ethyl adjacent to an activating group) is 1. The Morgan fingerprint density at radius 3 is 2.50 bits per heavy atom. The molecule has 2 aromatic rings. The highest BCUT2D eigenvalue weighted by Crippen LogP contribution is 2.27. The van der Waals surface area contributed by atoms with Gasteiger partial charge in [-0.1, -0.05) is 49.7 Å². The largest absolute Gasteiger partial charge is 0.465 e. The number of benzene rings is 2. The van der Waals surface area contributed by atoms with Crippen molar-refractivity contribution in [3.05, 3.63) is 70.3 Å². The topological polar surface area (TPSA) is 91.5 Å². The molecule has 0 aromatic heterocycles. The molecule has 0 saturated carbocycles. The van der Waals surface area contributed by atoms with Crippen LogP contribution in [-0.4, -0.2) is 85.7 Å². The van der Waals surface area contributed by atoms with Crippen LogP contribution in [0.25, 0.3) is 0 Å². The Morgan fingerprint density at radius 1 is 1.06 bits per heavy atom. The van der Waals surface area contributed by atoms with Crippen LogP contribution in [0.5, 0.6) is 0 Å². The highest BCUT2D eigenvalue weighted by atomic mass is 16.5. The van der Waals surface area contributed by atoms with Crippen molar-refractivity contribution in [2.45, 2.75) is 32.4 Å². The molecule has 192 valence electrons. The maximum absolute atomic E-state index is 13.1. The van der Waals surface area contributed by atoms with Gasteiger partial charge >= 0.3 is 5.97 Å². The normalized spacial score (nSPS) is 18.9. The van der Waals surface area contributed by atoms with Gasteiger partial charge in [0.15, 0.2) is 5.78 Å². The van der Waals surface area contributed by atoms with E-state index in [0.29, 0.717) is 24.3 Å². The predicted octanol–water partition coefficient (Wildman–Crippen LogP) is 2.66. The molecule has 0 spiro atoms. The molecule has 0 amide bonds. The van der Waals surface area contributed by atoms with Gasteiger partial charge in [-0.15, -0.1) is 0 Å². The maximum atomic E-state index is 13.1. The van der Waals surface area contributed by atoms with Crippen molar-refractivity contribution in [3.8, 4) is 0 Å². The zero-order chi connectivity index (χ0) is 25.5. The highest BCUT2D eigenvalue weighted by molar-refractivity contribution is 6.09. The van der Waals surface area contributed by atoms with Crippen molar-refractivity contribution >= 4 is 18.0 Å². The monoisotopic (exact) mass is 491 g/mol. The third-order valence-corrected chi connectivity index (χ3v) is 6.90. The zero-order valence-corrected chi connectivity index (χ0v) is 21.4. The van der Waals surface area contributed by atoms with Crippen LogP contribution in [0.4, 0.5) is 0 Å². The first-order valence-electron chi connectivity index (χ1n) is 12.8. The van der Waals surface area contributed by atoms with Crippen LogP contribution in [-0.2, 0) is 16.0 Å². The van der Waals surface area contributed by atoms with E-state index in [-0.39, 0.29) is 18.3 Å². The summed E-state index contributed by atoms with van der Waals surface area (Å²) < 4.78 is 5.29. The van der Waals surface area contributed by atoms with Crippen LogP contribution in [0, 0.1) is 0 Å². The van der Waals surface area contributed by atoms with Gasteiger partial charge in [-0.3, -0.25) is 19.5 Å². The van der Waals surface area contributed by atoms with Gasteiger partial charge in [0.1, 0.15) is 0 Å². The van der Waals surface area contributed by atoms with Gasteiger partial charge in [-0.2, -0.15) is 5.10 Å². The van der Waals surface area contributed by atoms with Crippen LogP contribution in [0.2, 0.25) is 0 Å². The number of hydrazone groups is 1. The summed E-state index contributed by atoms with van der Waals surface area (Å²) in [6, 6.07) is 13.2. The van der Waals surface area contributed by atoms with Crippen molar-refractivity contribution in [3.63, 3.8) is 0 Å². The van der Waals surface area contributed by atoms with Crippen LogP contribution < -0.4 is 5.73 Å². The van der Waals surface area contributed by atoms with Crippen molar-refractivity contribution in [1.29, 1.82) is 0 Å². The van der Waals surface area contributed by atoms with Gasteiger partial charge in [0.25, 0.3) is 0 Å². The highest BCUT2D eigenvalue weighted by Gasteiger charge is 2.27. The molecule has 1 unspecified atom stereocenters. The number of hydrogen-bond acceptors (Lipinski definition) is 8. The second-order valence-corrected chi connectivity index (χ2v) is 9.61. The van der Waals surface area contributed by atoms with Gasteiger partial charge < -0.3 is 15.4 Å². The minimum Gasteiger partial charge on any atom is -0.465 e. The molecule has 8 nitrogen and oxygen atoms in total. The molecule has 1 saturated heterocycles. The number of nitrogens with two attached hydrogens (primary N) is 1. The maximum Gasteiger partial charge on any atom is 0.320 e. The number of carbonyl (C=O) groups is 2. The van der Waals surface area contributed by atoms with E-state index in [2.05, 4.69) is 29.0 Å². The molecule has 0 radical (unpaired) electrons. The van der Waals surface area contributed by atoms with E-state index in [4.69, 9.17) is 10.5 Å². The standard InChI is InChI=1S/C28H37N5O3/c1-3-4-17-36-26(34)20-32-12-11-23-18-24(9-10-25(23)28(32)29)27(35)22-7-5-21(6-8-22)19-30-33-15-13-31(2)14-16-33/h5-10,18-19,28H,3-4,11-17,20,29H2,1-2H3. The average Bonchev–Trinajstić information content (AvgIpc) is 2.90. The Labute approximate surface area is 213 Å². The number of hydrogen-bond donors (Lipinski definition) is 1. The smallest absolute Gasteiger partial charge is 0.320 e. The lowest BCUT2D eigenvalue weighted by molar-refractivity contribution is -0.145. The van der Waals surface area contributed by atoms with Gasteiger partial charge in [0.2, 0.25) is 0 Å². The van der Waals surface area contributed by atoms with E-state index < -0.39 is 6.17 Å². The second kappa shape index (κ2) is 12.3. The molecule has 0 aliphatic carbocycles. The minimum absolute atomic E-state index is 0.0177. The Balaban J connectivity index is 1.36. The predicted molar refractivity (Wildman–Crippen MR) is 141 cm³/mol. The van der Waals surface area contributed by atoms with Crippen LogP contribution >= 0.6 is 0 Å². The average molecular weight is 492 g/mol. The molecule has 2 aliphatic heterocycles. The molecular weight excluding hydrogens is 454 g/mol. The first-order chi connectivity index (χ1) is 17.4. The lowest BCUT2D eigenvalue weighted by atomic mass is 9.92. The lowest BCUT2D eigenvalue weighted by Crippen LogP contribution is -2.43. The Morgan fingerprint density at radius 2 is 1.78 bits per heavy atom. The SMILES string of the molecule is CCCCOC(=O)CN1CCc2cc(C(=O)c3ccc(C=NN4CCN(C)CC4)cc3)ccc2C1N. The van der Waals surface area contributed by atoms with Crippen molar-refractivity contribution in [2.24, 2.45) is 10.8 Å². The molecule has 1 fully saturated rings. The molecule has 4 rings (SSSR count). The van der Waals surface area contributed by atoms with Crippen molar-refractivity contribution in [2.75, 3.05) is 52.9 Å². The number of ether oxygens (including phenoxy) is 1.